The molecule has 0 bridgehead atoms. The Morgan fingerprint density at radius 3 is 2.60 bits per heavy atom. The van der Waals surface area contributed by atoms with Crippen molar-refractivity contribution in [2.75, 3.05) is 0 Å². The normalized spacial score (nSPS) is 11.6. The molecular formula is C9H8F3N7S. The first-order valence-corrected chi connectivity index (χ1v) is 5.93. The van der Waals surface area contributed by atoms with Crippen molar-refractivity contribution in [3.63, 3.8) is 0 Å². The largest absolute Gasteiger partial charge is 0.433 e. The van der Waals surface area contributed by atoms with Gasteiger partial charge in [-0.15, -0.1) is 5.10 Å². The first-order chi connectivity index (χ1) is 9.29. The van der Waals surface area contributed by atoms with Crippen LogP contribution in [-0.4, -0.2) is 31.0 Å². The molecule has 20 heavy (non-hydrogen) atoms. The van der Waals surface area contributed by atoms with Crippen LogP contribution < -0.4 is 5.73 Å². The van der Waals surface area contributed by atoms with E-state index in [-0.39, 0.29) is 21.6 Å². The summed E-state index contributed by atoms with van der Waals surface area (Å²) in [6.07, 6.45) is -4.58. The summed E-state index contributed by atoms with van der Waals surface area (Å²) in [5.41, 5.74) is 4.35. The monoisotopic (exact) mass is 303 g/mol. The van der Waals surface area contributed by atoms with E-state index in [2.05, 4.69) is 20.5 Å². The lowest BCUT2D eigenvalue weighted by molar-refractivity contribution is -0.141. The fourth-order valence-corrected chi connectivity index (χ4v) is 2.13. The Morgan fingerprint density at radius 2 is 2.10 bits per heavy atom. The van der Waals surface area contributed by atoms with Gasteiger partial charge in [0.25, 0.3) is 0 Å². The van der Waals surface area contributed by atoms with Crippen LogP contribution in [0.15, 0.2) is 22.3 Å². The molecule has 0 aromatic carbocycles. The highest BCUT2D eigenvalue weighted by Crippen LogP contribution is 2.32. The van der Waals surface area contributed by atoms with Crippen LogP contribution in [0, 0.1) is 5.41 Å². The maximum absolute atomic E-state index is 12.7. The molecule has 2 rings (SSSR count). The summed E-state index contributed by atoms with van der Waals surface area (Å²) in [4.78, 5) is 3.49. The van der Waals surface area contributed by atoms with Crippen molar-refractivity contribution < 1.29 is 13.2 Å². The SMILES string of the molecule is Cn1nnnc1Sc1nc(C(F)(F)F)ccc1C(=N)N. The lowest BCUT2D eigenvalue weighted by Crippen LogP contribution is -2.16. The van der Waals surface area contributed by atoms with Crippen LogP contribution in [0.25, 0.3) is 0 Å². The number of amidine groups is 1. The number of hydrogen-bond donors (Lipinski definition) is 2. The van der Waals surface area contributed by atoms with Gasteiger partial charge in [-0.2, -0.15) is 13.2 Å². The van der Waals surface area contributed by atoms with Crippen LogP contribution in [0.4, 0.5) is 13.2 Å². The molecule has 2 aromatic heterocycles. The molecule has 106 valence electrons. The number of rotatable bonds is 3. The second kappa shape index (κ2) is 5.07. The van der Waals surface area contributed by atoms with Gasteiger partial charge in [0.1, 0.15) is 16.6 Å². The number of nitrogens with two attached hydrogens (primary N) is 1. The zero-order chi connectivity index (χ0) is 14.9. The Bertz CT molecular complexity index is 651. The summed E-state index contributed by atoms with van der Waals surface area (Å²) in [6.45, 7) is 0. The van der Waals surface area contributed by atoms with Gasteiger partial charge >= 0.3 is 6.18 Å². The van der Waals surface area contributed by atoms with Crippen LogP contribution in [0.3, 0.4) is 0 Å². The molecule has 0 unspecified atom stereocenters. The summed E-state index contributed by atoms with van der Waals surface area (Å²) in [7, 11) is 1.53. The molecule has 0 atom stereocenters. The second-order valence-electron chi connectivity index (χ2n) is 3.65. The number of nitrogen functional groups attached to an aromatic ring is 1. The third-order valence-corrected chi connectivity index (χ3v) is 3.24. The number of halogens is 3. The van der Waals surface area contributed by atoms with Gasteiger partial charge in [-0.3, -0.25) is 5.41 Å². The molecule has 0 aliphatic carbocycles. The summed E-state index contributed by atoms with van der Waals surface area (Å²) in [6, 6.07) is 1.88. The van der Waals surface area contributed by atoms with E-state index in [1.807, 2.05) is 0 Å². The summed E-state index contributed by atoms with van der Waals surface area (Å²) < 4.78 is 39.2. The molecule has 2 heterocycles. The van der Waals surface area contributed by atoms with Gasteiger partial charge in [0, 0.05) is 12.6 Å². The number of tetrazole rings is 1. The molecule has 0 radical (unpaired) electrons. The molecule has 3 N–H and O–H groups in total. The molecule has 0 saturated carbocycles. The van der Waals surface area contributed by atoms with Gasteiger partial charge in [-0.1, -0.05) is 0 Å². The number of nitrogens with zero attached hydrogens (tertiary/aromatic N) is 5. The van der Waals surface area contributed by atoms with Gasteiger partial charge in [0.15, 0.2) is 0 Å². The van der Waals surface area contributed by atoms with Crippen molar-refractivity contribution in [3.8, 4) is 0 Å². The number of pyridine rings is 1. The Labute approximate surface area is 114 Å². The summed E-state index contributed by atoms with van der Waals surface area (Å²) >= 11 is 0.801. The van der Waals surface area contributed by atoms with Crippen LogP contribution in [0.5, 0.6) is 0 Å². The second-order valence-corrected chi connectivity index (χ2v) is 4.60. The number of alkyl halides is 3. The van der Waals surface area contributed by atoms with Crippen molar-refractivity contribution >= 4 is 17.6 Å². The fraction of sp³-hybridized carbons (Fsp3) is 0.222. The minimum Gasteiger partial charge on any atom is -0.384 e. The molecule has 0 spiro atoms. The zero-order valence-electron chi connectivity index (χ0n) is 10.0. The van der Waals surface area contributed by atoms with E-state index in [4.69, 9.17) is 11.1 Å². The smallest absolute Gasteiger partial charge is 0.384 e. The van der Waals surface area contributed by atoms with Crippen molar-refractivity contribution in [3.05, 3.63) is 23.4 Å². The van der Waals surface area contributed by atoms with Gasteiger partial charge in [-0.05, 0) is 34.3 Å². The molecule has 7 nitrogen and oxygen atoms in total. The van der Waals surface area contributed by atoms with Gasteiger partial charge in [-0.25, -0.2) is 9.67 Å². The topological polar surface area (TPSA) is 106 Å². The number of aryl methyl sites for hydroxylation is 1. The average molecular weight is 303 g/mol. The van der Waals surface area contributed by atoms with Gasteiger partial charge < -0.3 is 5.73 Å². The van der Waals surface area contributed by atoms with Crippen LogP contribution >= 0.6 is 11.8 Å². The van der Waals surface area contributed by atoms with E-state index in [0.717, 1.165) is 23.9 Å². The van der Waals surface area contributed by atoms with E-state index in [1.54, 1.807) is 0 Å². The highest BCUT2D eigenvalue weighted by molar-refractivity contribution is 7.99. The predicted octanol–water partition coefficient (Wildman–Crippen LogP) is 1.06. The maximum Gasteiger partial charge on any atom is 0.433 e. The summed E-state index contributed by atoms with van der Waals surface area (Å²) in [5, 5.41) is 18.1. The molecule has 0 fully saturated rings. The molecule has 0 saturated heterocycles. The minimum absolute atomic E-state index is 0.0785. The Balaban J connectivity index is 2.47. The zero-order valence-corrected chi connectivity index (χ0v) is 10.8. The minimum atomic E-state index is -4.58. The quantitative estimate of drug-likeness (QED) is 0.648. The number of hydrogen-bond acceptors (Lipinski definition) is 6. The van der Waals surface area contributed by atoms with Crippen molar-refractivity contribution in [1.29, 1.82) is 5.41 Å². The maximum atomic E-state index is 12.7. The lowest BCUT2D eigenvalue weighted by atomic mass is 10.2. The predicted molar refractivity (Wildman–Crippen MR) is 63.2 cm³/mol. The molecule has 0 aliphatic heterocycles. The Hall–Kier alpha value is -2.17. The van der Waals surface area contributed by atoms with E-state index < -0.39 is 11.9 Å². The molecular weight excluding hydrogens is 295 g/mol. The Kier molecular flexibility index (Phi) is 3.61. The van der Waals surface area contributed by atoms with Crippen LogP contribution in [0.1, 0.15) is 11.3 Å². The van der Waals surface area contributed by atoms with Crippen molar-refractivity contribution in [1.82, 2.24) is 25.2 Å². The molecule has 2 aromatic rings. The Morgan fingerprint density at radius 1 is 1.40 bits per heavy atom. The summed E-state index contributed by atoms with van der Waals surface area (Å²) in [5.74, 6) is -0.385. The van der Waals surface area contributed by atoms with E-state index in [1.165, 1.54) is 11.7 Å². The van der Waals surface area contributed by atoms with E-state index >= 15 is 0 Å². The average Bonchev–Trinajstić information content (AvgIpc) is 2.73. The molecule has 11 heteroatoms. The lowest BCUT2D eigenvalue weighted by Gasteiger charge is -2.10. The van der Waals surface area contributed by atoms with Crippen molar-refractivity contribution in [2.24, 2.45) is 12.8 Å². The number of aromatic nitrogens is 5. The van der Waals surface area contributed by atoms with Crippen LogP contribution in [-0.2, 0) is 13.2 Å². The van der Waals surface area contributed by atoms with Gasteiger partial charge in [0.2, 0.25) is 5.16 Å². The molecule has 0 aliphatic rings. The first-order valence-electron chi connectivity index (χ1n) is 5.12. The van der Waals surface area contributed by atoms with Gasteiger partial charge in [0.05, 0.1) is 0 Å². The third-order valence-electron chi connectivity index (χ3n) is 2.21. The fourth-order valence-electron chi connectivity index (χ4n) is 1.28. The highest BCUT2D eigenvalue weighted by Gasteiger charge is 2.33. The van der Waals surface area contributed by atoms with E-state index in [0.29, 0.717) is 0 Å². The number of nitrogens with one attached hydrogen (secondary N) is 1. The first kappa shape index (κ1) is 14.2. The van der Waals surface area contributed by atoms with E-state index in [9.17, 15) is 13.2 Å². The molecule has 0 amide bonds. The standard InChI is InChI=1S/C9H8F3N7S/c1-19-8(16-17-18-19)20-7-4(6(13)14)2-3-5(15-7)9(10,11)12/h2-3H,1H3,(H3,13,14). The van der Waals surface area contributed by atoms with Crippen molar-refractivity contribution in [2.45, 2.75) is 16.4 Å². The third kappa shape index (κ3) is 2.87. The van der Waals surface area contributed by atoms with Crippen LogP contribution in [0.2, 0.25) is 0 Å². The highest BCUT2D eigenvalue weighted by atomic mass is 32.2.